The van der Waals surface area contributed by atoms with Crippen molar-refractivity contribution < 1.29 is 21.4 Å². The molecule has 2 rings (SSSR count). The fourth-order valence-corrected chi connectivity index (χ4v) is 4.47. The van der Waals surface area contributed by atoms with Gasteiger partial charge in [0.2, 0.25) is 0 Å². The maximum atomic E-state index is 12.1. The molecule has 9 heteroatoms. The van der Waals surface area contributed by atoms with Crippen molar-refractivity contribution >= 4 is 20.3 Å². The van der Waals surface area contributed by atoms with Crippen LogP contribution in [0.2, 0.25) is 0 Å². The van der Waals surface area contributed by atoms with Gasteiger partial charge in [-0.3, -0.25) is 4.55 Å². The summed E-state index contributed by atoms with van der Waals surface area (Å²) in [6, 6.07) is 6.21. The first-order valence-corrected chi connectivity index (χ1v) is 10.7. The summed E-state index contributed by atoms with van der Waals surface area (Å²) < 4.78 is 57.9. The van der Waals surface area contributed by atoms with E-state index in [1.54, 1.807) is 12.1 Å². The Balaban J connectivity index is 1.85. The van der Waals surface area contributed by atoms with Crippen LogP contribution in [0.15, 0.2) is 29.2 Å². The Morgan fingerprint density at radius 2 is 1.62 bits per heavy atom. The van der Waals surface area contributed by atoms with E-state index in [9.17, 15) is 16.8 Å². The van der Waals surface area contributed by atoms with Gasteiger partial charge in [-0.15, -0.1) is 0 Å². The molecule has 0 saturated carbocycles. The quantitative estimate of drug-likeness (QED) is 0.757. The molecule has 0 spiro atoms. The van der Waals surface area contributed by atoms with E-state index in [1.807, 2.05) is 0 Å². The minimum Gasteiger partial charge on any atom is -0.282 e. The Labute approximate surface area is 144 Å². The molecule has 0 bridgehead atoms. The summed E-state index contributed by atoms with van der Waals surface area (Å²) in [5.74, 6) is 0.458. The van der Waals surface area contributed by atoms with Gasteiger partial charge >= 0.3 is 0 Å². The summed E-state index contributed by atoms with van der Waals surface area (Å²) in [4.78, 5) is -0.103. The molecular weight excluding hydrogens is 352 g/mol. The smallest absolute Gasteiger partial charge is 0.282 e. The summed E-state index contributed by atoms with van der Waals surface area (Å²) >= 11 is 0. The molecule has 1 aromatic carbocycles. The monoisotopic (exact) mass is 376 g/mol. The molecule has 0 aromatic heterocycles. The first-order valence-electron chi connectivity index (χ1n) is 7.85. The molecule has 24 heavy (non-hydrogen) atoms. The summed E-state index contributed by atoms with van der Waals surface area (Å²) in [5, 5.41) is 0. The van der Waals surface area contributed by atoms with Crippen LogP contribution in [0.3, 0.4) is 0 Å². The highest BCUT2D eigenvalue weighted by Gasteiger charge is 2.29. The zero-order chi connectivity index (χ0) is 18.0. The predicted molar refractivity (Wildman–Crippen MR) is 91.5 cm³/mol. The third-order valence-electron chi connectivity index (χ3n) is 4.42. The molecule has 7 nitrogen and oxygen atoms in total. The lowest BCUT2D eigenvalue weighted by Crippen LogP contribution is -2.44. The average Bonchev–Trinajstić information content (AvgIpc) is 2.52. The molecule has 1 fully saturated rings. The highest BCUT2D eigenvalue weighted by Crippen LogP contribution is 2.25. The maximum absolute atomic E-state index is 12.1. The van der Waals surface area contributed by atoms with Crippen molar-refractivity contribution in [2.24, 2.45) is 5.92 Å². The van der Waals surface area contributed by atoms with Gasteiger partial charge in [0.05, 0.1) is 4.90 Å². The molecule has 0 radical (unpaired) electrons. The highest BCUT2D eigenvalue weighted by atomic mass is 32.2. The van der Waals surface area contributed by atoms with Crippen LogP contribution in [0.1, 0.15) is 24.8 Å². The van der Waals surface area contributed by atoms with E-state index in [4.69, 9.17) is 4.55 Å². The summed E-state index contributed by atoms with van der Waals surface area (Å²) in [6.07, 6.45) is 3.39. The number of hydrogen-bond donors (Lipinski definition) is 1. The number of hydrogen-bond acceptors (Lipinski definition) is 4. The lowest BCUT2D eigenvalue weighted by atomic mass is 9.91. The van der Waals surface area contributed by atoms with Gasteiger partial charge in [-0.1, -0.05) is 12.1 Å². The van der Waals surface area contributed by atoms with E-state index in [0.717, 1.165) is 31.2 Å². The van der Waals surface area contributed by atoms with E-state index < -0.39 is 20.3 Å². The minimum absolute atomic E-state index is 0.103. The number of piperidine rings is 1. The predicted octanol–water partition coefficient (Wildman–Crippen LogP) is 1.38. The maximum Gasteiger partial charge on any atom is 0.294 e. The fraction of sp³-hybridized carbons (Fsp3) is 0.600. The number of benzene rings is 1. The van der Waals surface area contributed by atoms with Crippen molar-refractivity contribution in [2.45, 2.75) is 30.6 Å². The molecule has 1 heterocycles. The molecule has 1 N–H and O–H groups in total. The van der Waals surface area contributed by atoms with Crippen LogP contribution in [-0.2, 0) is 26.7 Å². The van der Waals surface area contributed by atoms with Crippen molar-refractivity contribution in [1.29, 1.82) is 0 Å². The number of aryl methyl sites for hydroxylation is 1. The lowest BCUT2D eigenvalue weighted by molar-refractivity contribution is 0.254. The summed E-state index contributed by atoms with van der Waals surface area (Å²) in [7, 11) is -4.39. The summed E-state index contributed by atoms with van der Waals surface area (Å²) in [5.41, 5.74) is 1.01. The normalized spacial score (nSPS) is 18.2. The second-order valence-electron chi connectivity index (χ2n) is 6.29. The molecule has 0 atom stereocenters. The second-order valence-corrected chi connectivity index (χ2v) is 9.85. The van der Waals surface area contributed by atoms with Crippen LogP contribution in [0.5, 0.6) is 0 Å². The molecule has 0 amide bonds. The zero-order valence-corrected chi connectivity index (χ0v) is 15.6. The largest absolute Gasteiger partial charge is 0.294 e. The topological polar surface area (TPSA) is 95.0 Å². The Bertz CT molecular complexity index is 750. The van der Waals surface area contributed by atoms with Crippen molar-refractivity contribution in [3.8, 4) is 0 Å². The highest BCUT2D eigenvalue weighted by molar-refractivity contribution is 7.86. The Morgan fingerprint density at radius 1 is 1.08 bits per heavy atom. The van der Waals surface area contributed by atoms with Crippen molar-refractivity contribution in [3.63, 3.8) is 0 Å². The molecule has 0 unspecified atom stereocenters. The van der Waals surface area contributed by atoms with Crippen molar-refractivity contribution in [1.82, 2.24) is 8.61 Å². The van der Waals surface area contributed by atoms with Gasteiger partial charge in [0.1, 0.15) is 0 Å². The van der Waals surface area contributed by atoms with Gasteiger partial charge in [0, 0.05) is 27.2 Å². The van der Waals surface area contributed by atoms with Crippen LogP contribution in [0, 0.1) is 5.92 Å². The van der Waals surface area contributed by atoms with Gasteiger partial charge in [0.25, 0.3) is 20.3 Å². The van der Waals surface area contributed by atoms with E-state index >= 15 is 0 Å². The molecule has 1 aliphatic rings. The van der Waals surface area contributed by atoms with Gasteiger partial charge in [-0.05, 0) is 49.3 Å². The Hall–Kier alpha value is -1.00. The third kappa shape index (κ3) is 4.76. The van der Waals surface area contributed by atoms with Crippen LogP contribution in [-0.4, -0.2) is 57.2 Å². The molecule has 1 aliphatic heterocycles. The Morgan fingerprint density at radius 3 is 2.08 bits per heavy atom. The summed E-state index contributed by atoms with van der Waals surface area (Å²) in [6.45, 7) is 1.07. The van der Waals surface area contributed by atoms with Crippen LogP contribution in [0.4, 0.5) is 0 Å². The molecule has 0 aliphatic carbocycles. The minimum atomic E-state index is -4.15. The van der Waals surface area contributed by atoms with Gasteiger partial charge in [-0.25, -0.2) is 0 Å². The molecule has 136 valence electrons. The third-order valence-corrected chi connectivity index (χ3v) is 7.23. The number of rotatable bonds is 6. The number of nitrogens with zero attached hydrogens (tertiary/aromatic N) is 2. The van der Waals surface area contributed by atoms with Crippen molar-refractivity contribution in [2.75, 3.05) is 27.2 Å². The van der Waals surface area contributed by atoms with Gasteiger partial charge in [0.15, 0.2) is 0 Å². The van der Waals surface area contributed by atoms with Gasteiger partial charge < -0.3 is 0 Å². The molecule has 1 aromatic rings. The van der Waals surface area contributed by atoms with E-state index in [-0.39, 0.29) is 4.90 Å². The SMILES string of the molecule is CN(C)S(=O)(=O)N1CCC(CCc2ccc(S(=O)(=O)O)cc2)CC1. The van der Waals surface area contributed by atoms with Crippen LogP contribution < -0.4 is 0 Å². The molecule has 1 saturated heterocycles. The first-order chi connectivity index (χ1) is 11.1. The average molecular weight is 377 g/mol. The van der Waals surface area contributed by atoms with Crippen LogP contribution in [0.25, 0.3) is 0 Å². The molecular formula is C15H24N2O5S2. The van der Waals surface area contributed by atoms with E-state index in [1.165, 1.54) is 34.8 Å². The van der Waals surface area contributed by atoms with Crippen molar-refractivity contribution in [3.05, 3.63) is 29.8 Å². The van der Waals surface area contributed by atoms with Gasteiger partial charge in [-0.2, -0.15) is 25.4 Å². The zero-order valence-electron chi connectivity index (χ0n) is 13.9. The first kappa shape index (κ1) is 19.3. The Kier molecular flexibility index (Phi) is 6.03. The fourth-order valence-electron chi connectivity index (χ4n) is 2.86. The van der Waals surface area contributed by atoms with E-state index in [0.29, 0.717) is 19.0 Å². The van der Waals surface area contributed by atoms with Crippen LogP contribution >= 0.6 is 0 Å². The standard InChI is InChI=1S/C15H24N2O5S2/c1-16(2)24(21,22)17-11-9-14(10-12-17)4-3-13-5-7-15(8-6-13)23(18,19)20/h5-8,14H,3-4,9-12H2,1-2H3,(H,18,19,20). The van der Waals surface area contributed by atoms with E-state index in [2.05, 4.69) is 0 Å². The lowest BCUT2D eigenvalue weighted by Gasteiger charge is -2.32. The second kappa shape index (κ2) is 7.49.